The molecule has 0 atom stereocenters. The molecular formula is C24H18Cl2N2O4S. The number of esters is 1. The number of likely N-dealkylation sites (N-methyl/N-ethyl adjacent to an activating group) is 1. The fraction of sp³-hybridized carbons (Fsp3) is 0.125. The van der Waals surface area contributed by atoms with Gasteiger partial charge in [0.05, 0.1) is 27.8 Å². The maximum absolute atomic E-state index is 12.7. The molecule has 0 N–H and O–H groups in total. The van der Waals surface area contributed by atoms with Crippen molar-refractivity contribution < 1.29 is 18.7 Å². The summed E-state index contributed by atoms with van der Waals surface area (Å²) in [6.07, 6.45) is 1.66. The van der Waals surface area contributed by atoms with E-state index in [9.17, 15) is 9.59 Å². The molecular weight excluding hydrogens is 483 g/mol. The monoisotopic (exact) mass is 500 g/mol. The van der Waals surface area contributed by atoms with E-state index in [0.717, 1.165) is 0 Å². The molecule has 33 heavy (non-hydrogen) atoms. The molecule has 0 bridgehead atoms. The number of nitrogens with zero attached hydrogens (tertiary/aromatic N) is 2. The number of amidine groups is 1. The number of furan rings is 1. The van der Waals surface area contributed by atoms with E-state index in [4.69, 9.17) is 32.4 Å². The summed E-state index contributed by atoms with van der Waals surface area (Å²) in [5, 5.41) is 1.54. The molecule has 168 valence electrons. The van der Waals surface area contributed by atoms with Crippen molar-refractivity contribution in [3.63, 3.8) is 0 Å². The zero-order valence-electron chi connectivity index (χ0n) is 17.7. The van der Waals surface area contributed by atoms with Gasteiger partial charge >= 0.3 is 5.97 Å². The van der Waals surface area contributed by atoms with Gasteiger partial charge in [0.1, 0.15) is 11.5 Å². The van der Waals surface area contributed by atoms with Crippen molar-refractivity contribution in [1.82, 2.24) is 4.90 Å². The van der Waals surface area contributed by atoms with Crippen LogP contribution in [0.2, 0.25) is 10.0 Å². The zero-order valence-corrected chi connectivity index (χ0v) is 20.0. The van der Waals surface area contributed by atoms with E-state index in [1.165, 1.54) is 16.7 Å². The lowest BCUT2D eigenvalue weighted by Gasteiger charge is -2.07. The van der Waals surface area contributed by atoms with Gasteiger partial charge in [-0.2, -0.15) is 0 Å². The number of hydrogen-bond donors (Lipinski definition) is 0. The molecule has 0 aliphatic carbocycles. The summed E-state index contributed by atoms with van der Waals surface area (Å²) in [6.45, 7) is 2.04. The molecule has 9 heteroatoms. The lowest BCUT2D eigenvalue weighted by Crippen LogP contribution is -2.23. The molecule has 0 unspecified atom stereocenters. The van der Waals surface area contributed by atoms with Gasteiger partial charge in [0.25, 0.3) is 5.91 Å². The number of carbonyl (C=O) groups excluding carboxylic acids is 2. The summed E-state index contributed by atoms with van der Waals surface area (Å²) < 4.78 is 10.9. The highest BCUT2D eigenvalue weighted by Gasteiger charge is 2.30. The highest BCUT2D eigenvalue weighted by atomic mass is 35.5. The van der Waals surface area contributed by atoms with Crippen LogP contribution in [0, 0.1) is 0 Å². The highest BCUT2D eigenvalue weighted by molar-refractivity contribution is 8.18. The maximum Gasteiger partial charge on any atom is 0.338 e. The average Bonchev–Trinajstić information content (AvgIpc) is 3.36. The van der Waals surface area contributed by atoms with Crippen molar-refractivity contribution in [2.45, 2.75) is 6.92 Å². The van der Waals surface area contributed by atoms with Crippen molar-refractivity contribution >= 4 is 63.8 Å². The zero-order chi connectivity index (χ0) is 23.5. The van der Waals surface area contributed by atoms with Crippen LogP contribution in [-0.2, 0) is 9.53 Å². The van der Waals surface area contributed by atoms with Crippen LogP contribution in [0.4, 0.5) is 5.69 Å². The van der Waals surface area contributed by atoms with E-state index in [1.807, 2.05) is 0 Å². The molecule has 1 aliphatic heterocycles. The Labute approximate surface area is 204 Å². The van der Waals surface area contributed by atoms with Crippen molar-refractivity contribution in [3.8, 4) is 11.3 Å². The van der Waals surface area contributed by atoms with Gasteiger partial charge in [-0.15, -0.1) is 0 Å². The van der Waals surface area contributed by atoms with Crippen LogP contribution < -0.4 is 0 Å². The van der Waals surface area contributed by atoms with Gasteiger partial charge in [0.15, 0.2) is 5.17 Å². The fourth-order valence-electron chi connectivity index (χ4n) is 3.07. The number of thioether (sulfide) groups is 1. The van der Waals surface area contributed by atoms with Crippen LogP contribution in [-0.4, -0.2) is 35.6 Å². The minimum absolute atomic E-state index is 0.209. The minimum atomic E-state index is -0.419. The number of halogens is 2. The van der Waals surface area contributed by atoms with Gasteiger partial charge < -0.3 is 9.15 Å². The lowest BCUT2D eigenvalue weighted by atomic mass is 10.2. The molecule has 1 saturated heterocycles. The van der Waals surface area contributed by atoms with Gasteiger partial charge in [-0.1, -0.05) is 29.3 Å². The van der Waals surface area contributed by atoms with Crippen LogP contribution in [0.15, 0.2) is 68.9 Å². The smallest absolute Gasteiger partial charge is 0.338 e. The van der Waals surface area contributed by atoms with Crippen LogP contribution in [0.25, 0.3) is 17.4 Å². The first-order valence-corrected chi connectivity index (χ1v) is 11.5. The van der Waals surface area contributed by atoms with E-state index in [2.05, 4.69) is 4.99 Å². The maximum atomic E-state index is 12.7. The normalized spacial score (nSPS) is 16.1. The summed E-state index contributed by atoms with van der Waals surface area (Å²) in [5.74, 6) is 0.412. The molecule has 0 spiro atoms. The van der Waals surface area contributed by atoms with Crippen LogP contribution >= 0.6 is 35.0 Å². The second-order valence-corrected chi connectivity index (χ2v) is 8.82. The predicted octanol–water partition coefficient (Wildman–Crippen LogP) is 6.66. The largest absolute Gasteiger partial charge is 0.462 e. The topological polar surface area (TPSA) is 72.1 Å². The van der Waals surface area contributed by atoms with Gasteiger partial charge in [0.2, 0.25) is 0 Å². The number of rotatable bonds is 5. The molecule has 1 aliphatic rings. The van der Waals surface area contributed by atoms with Crippen molar-refractivity contribution in [2.75, 3.05) is 13.7 Å². The molecule has 2 aromatic carbocycles. The number of aliphatic imine (C=N–C) groups is 1. The number of benzene rings is 2. The summed E-state index contributed by atoms with van der Waals surface area (Å²) in [6, 6.07) is 15.4. The Kier molecular flexibility index (Phi) is 6.93. The SMILES string of the molecule is CCOC(=O)c1cccc(N=C2SC(=Cc3ccc(-c4cc(Cl)ccc4Cl)o3)C(=O)N2C)c1. The number of carbonyl (C=O) groups is 2. The standard InChI is InChI=1S/C24H18Cl2N2O4S/c1-3-31-23(30)14-5-4-6-16(11-14)27-24-28(2)22(29)21(33-24)13-17-8-10-20(32-17)18-12-15(25)7-9-19(18)26/h4-13H,3H2,1-2H3. The predicted molar refractivity (Wildman–Crippen MR) is 132 cm³/mol. The van der Waals surface area contributed by atoms with Crippen LogP contribution in [0.3, 0.4) is 0 Å². The van der Waals surface area contributed by atoms with Gasteiger partial charge in [-0.3, -0.25) is 9.69 Å². The van der Waals surface area contributed by atoms with Crippen molar-refractivity contribution in [2.24, 2.45) is 4.99 Å². The van der Waals surface area contributed by atoms with Crippen LogP contribution in [0.1, 0.15) is 23.0 Å². The Morgan fingerprint density at radius 1 is 1.18 bits per heavy atom. The Morgan fingerprint density at radius 2 is 2.00 bits per heavy atom. The van der Waals surface area contributed by atoms with Gasteiger partial charge in [0, 0.05) is 23.7 Å². The first-order valence-electron chi connectivity index (χ1n) is 9.94. The second-order valence-electron chi connectivity index (χ2n) is 6.97. The Hall–Kier alpha value is -3.00. The molecule has 1 aromatic heterocycles. The van der Waals surface area contributed by atoms with Crippen molar-refractivity contribution in [1.29, 1.82) is 0 Å². The van der Waals surface area contributed by atoms with Gasteiger partial charge in [-0.25, -0.2) is 9.79 Å². The fourth-order valence-corrected chi connectivity index (χ4v) is 4.42. The van der Waals surface area contributed by atoms with E-state index in [1.54, 1.807) is 74.6 Å². The third kappa shape index (κ3) is 5.16. The molecule has 1 fully saturated rings. The average molecular weight is 501 g/mol. The molecule has 0 saturated carbocycles. The Balaban J connectivity index is 1.58. The molecule has 6 nitrogen and oxygen atoms in total. The highest BCUT2D eigenvalue weighted by Crippen LogP contribution is 2.36. The summed E-state index contributed by atoms with van der Waals surface area (Å²) in [5.41, 5.74) is 1.61. The molecule has 4 rings (SSSR count). The Morgan fingerprint density at radius 3 is 2.79 bits per heavy atom. The summed E-state index contributed by atoms with van der Waals surface area (Å²) in [4.78, 5) is 31.2. The summed E-state index contributed by atoms with van der Waals surface area (Å²) in [7, 11) is 1.64. The molecule has 2 heterocycles. The van der Waals surface area contributed by atoms with E-state index < -0.39 is 5.97 Å². The number of ether oxygens (including phenoxy) is 1. The van der Waals surface area contributed by atoms with E-state index in [-0.39, 0.29) is 12.5 Å². The second kappa shape index (κ2) is 9.87. The quantitative estimate of drug-likeness (QED) is 0.289. The Bertz CT molecular complexity index is 1300. The third-order valence-electron chi connectivity index (χ3n) is 4.68. The van der Waals surface area contributed by atoms with Crippen molar-refractivity contribution in [3.05, 3.63) is 80.9 Å². The lowest BCUT2D eigenvalue weighted by molar-refractivity contribution is -0.121. The van der Waals surface area contributed by atoms with Crippen LogP contribution in [0.5, 0.6) is 0 Å². The van der Waals surface area contributed by atoms with E-state index in [0.29, 0.717) is 48.5 Å². The van der Waals surface area contributed by atoms with Gasteiger partial charge in [-0.05, 0) is 67.2 Å². The molecule has 3 aromatic rings. The first-order chi connectivity index (χ1) is 15.9. The third-order valence-corrected chi connectivity index (χ3v) is 6.30. The minimum Gasteiger partial charge on any atom is -0.462 e. The number of amides is 1. The molecule has 0 radical (unpaired) electrons. The first kappa shape index (κ1) is 23.2. The number of hydrogen-bond acceptors (Lipinski definition) is 6. The molecule has 1 amide bonds. The van der Waals surface area contributed by atoms with E-state index >= 15 is 0 Å². The summed E-state index contributed by atoms with van der Waals surface area (Å²) >= 11 is 13.5.